The minimum atomic E-state index is -3.78. The molecule has 0 aliphatic rings. The van der Waals surface area contributed by atoms with Crippen molar-refractivity contribution < 1.29 is 12.8 Å². The van der Waals surface area contributed by atoms with E-state index in [1.165, 1.54) is 18.2 Å². The van der Waals surface area contributed by atoms with Crippen molar-refractivity contribution in [2.24, 2.45) is 0 Å². The van der Waals surface area contributed by atoms with E-state index < -0.39 is 15.8 Å². The van der Waals surface area contributed by atoms with E-state index in [-0.39, 0.29) is 22.7 Å². The Morgan fingerprint density at radius 3 is 2.50 bits per heavy atom. The van der Waals surface area contributed by atoms with Crippen molar-refractivity contribution in [3.05, 3.63) is 59.4 Å². The lowest BCUT2D eigenvalue weighted by molar-refractivity contribution is 0.574. The van der Waals surface area contributed by atoms with E-state index in [1.807, 2.05) is 0 Å². The number of hydrogen-bond acceptors (Lipinski definition) is 3. The minimum Gasteiger partial charge on any atom is -0.398 e. The number of nitrogen functional groups attached to an aromatic ring is 1. The third-order valence-electron chi connectivity index (χ3n) is 2.92. The number of rotatable bonds is 4. The fraction of sp³-hybridized carbons (Fsp3) is 0.143. The topological polar surface area (TPSA) is 72.2 Å². The summed E-state index contributed by atoms with van der Waals surface area (Å²) in [6.45, 7) is 1.54. The lowest BCUT2D eigenvalue weighted by Gasteiger charge is -2.12. The molecule has 0 heterocycles. The second kappa shape index (κ2) is 5.60. The van der Waals surface area contributed by atoms with Crippen LogP contribution in [-0.4, -0.2) is 8.42 Å². The lowest BCUT2D eigenvalue weighted by Crippen LogP contribution is -2.25. The molecular formula is C14H15FN2O2S. The summed E-state index contributed by atoms with van der Waals surface area (Å²) in [5.41, 5.74) is 6.71. The quantitative estimate of drug-likeness (QED) is 0.849. The van der Waals surface area contributed by atoms with E-state index in [2.05, 4.69) is 4.72 Å². The van der Waals surface area contributed by atoms with E-state index in [0.717, 1.165) is 0 Å². The van der Waals surface area contributed by atoms with Crippen molar-refractivity contribution in [2.45, 2.75) is 18.4 Å². The van der Waals surface area contributed by atoms with Gasteiger partial charge in [0, 0.05) is 12.1 Å². The molecule has 0 saturated heterocycles. The Morgan fingerprint density at radius 2 is 1.85 bits per heavy atom. The number of aryl methyl sites for hydroxylation is 1. The van der Waals surface area contributed by atoms with Crippen LogP contribution in [0.4, 0.5) is 10.1 Å². The van der Waals surface area contributed by atoms with E-state index in [1.54, 1.807) is 31.2 Å². The molecule has 0 aromatic heterocycles. The van der Waals surface area contributed by atoms with Crippen LogP contribution >= 0.6 is 0 Å². The second-order valence-electron chi connectivity index (χ2n) is 4.41. The first kappa shape index (κ1) is 14.5. The van der Waals surface area contributed by atoms with Gasteiger partial charge in [-0.3, -0.25) is 0 Å². The molecule has 106 valence electrons. The zero-order chi connectivity index (χ0) is 14.8. The molecular weight excluding hydrogens is 279 g/mol. The molecule has 0 spiro atoms. The van der Waals surface area contributed by atoms with Crippen molar-refractivity contribution >= 4 is 15.7 Å². The smallest absolute Gasteiger partial charge is 0.243 e. The van der Waals surface area contributed by atoms with E-state index in [4.69, 9.17) is 5.73 Å². The molecule has 0 unspecified atom stereocenters. The fourth-order valence-electron chi connectivity index (χ4n) is 1.93. The number of hydrogen-bond donors (Lipinski definition) is 2. The predicted octanol–water partition coefficient (Wildman–Crippen LogP) is 2.19. The summed E-state index contributed by atoms with van der Waals surface area (Å²) in [6, 6.07) is 10.9. The SMILES string of the molecule is Cc1cccc(N)c1S(=O)(=O)NCc1ccccc1F. The zero-order valence-electron chi connectivity index (χ0n) is 10.9. The van der Waals surface area contributed by atoms with E-state index in [0.29, 0.717) is 5.56 Å². The Bertz CT molecular complexity index is 709. The van der Waals surface area contributed by atoms with E-state index in [9.17, 15) is 12.8 Å². The van der Waals surface area contributed by atoms with Crippen LogP contribution in [0.15, 0.2) is 47.4 Å². The normalized spacial score (nSPS) is 11.5. The molecule has 0 aliphatic carbocycles. The van der Waals surface area contributed by atoms with Gasteiger partial charge in [0.1, 0.15) is 10.7 Å². The first-order chi connectivity index (χ1) is 9.42. The molecule has 20 heavy (non-hydrogen) atoms. The molecule has 2 aromatic rings. The number of benzene rings is 2. The molecule has 0 amide bonds. The summed E-state index contributed by atoms with van der Waals surface area (Å²) >= 11 is 0. The highest BCUT2D eigenvalue weighted by atomic mass is 32.2. The molecule has 0 atom stereocenters. The molecule has 3 N–H and O–H groups in total. The van der Waals surface area contributed by atoms with Gasteiger partial charge in [-0.2, -0.15) is 0 Å². The third kappa shape index (κ3) is 2.97. The fourth-order valence-corrected chi connectivity index (χ4v) is 3.29. The minimum absolute atomic E-state index is 0.0383. The van der Waals surface area contributed by atoms with Gasteiger partial charge in [0.05, 0.1) is 5.69 Å². The van der Waals surface area contributed by atoms with Gasteiger partial charge in [-0.05, 0) is 24.6 Å². The van der Waals surface area contributed by atoms with Crippen LogP contribution in [-0.2, 0) is 16.6 Å². The highest BCUT2D eigenvalue weighted by Gasteiger charge is 2.19. The lowest BCUT2D eigenvalue weighted by atomic mass is 10.2. The van der Waals surface area contributed by atoms with Gasteiger partial charge in [0.25, 0.3) is 0 Å². The molecule has 6 heteroatoms. The van der Waals surface area contributed by atoms with Gasteiger partial charge < -0.3 is 5.73 Å². The molecule has 0 bridgehead atoms. The van der Waals surface area contributed by atoms with Crippen LogP contribution in [0.5, 0.6) is 0 Å². The average molecular weight is 294 g/mol. The summed E-state index contributed by atoms with van der Waals surface area (Å²) < 4.78 is 40.3. The maximum atomic E-state index is 13.5. The number of nitrogens with one attached hydrogen (secondary N) is 1. The van der Waals surface area contributed by atoms with Crippen molar-refractivity contribution in [2.75, 3.05) is 5.73 Å². The maximum Gasteiger partial charge on any atom is 0.243 e. The van der Waals surface area contributed by atoms with Gasteiger partial charge in [-0.15, -0.1) is 0 Å². The van der Waals surface area contributed by atoms with Crippen molar-refractivity contribution in [1.29, 1.82) is 0 Å². The third-order valence-corrected chi connectivity index (χ3v) is 4.54. The van der Waals surface area contributed by atoms with Crippen LogP contribution in [0.25, 0.3) is 0 Å². The Labute approximate surface area is 117 Å². The van der Waals surface area contributed by atoms with Gasteiger partial charge in [0.15, 0.2) is 0 Å². The monoisotopic (exact) mass is 294 g/mol. The Kier molecular flexibility index (Phi) is 4.06. The van der Waals surface area contributed by atoms with Crippen LogP contribution in [0, 0.1) is 12.7 Å². The Morgan fingerprint density at radius 1 is 1.15 bits per heavy atom. The van der Waals surface area contributed by atoms with Crippen molar-refractivity contribution in [3.63, 3.8) is 0 Å². The second-order valence-corrected chi connectivity index (χ2v) is 6.11. The highest BCUT2D eigenvalue weighted by molar-refractivity contribution is 7.89. The number of anilines is 1. The van der Waals surface area contributed by atoms with Crippen LogP contribution < -0.4 is 10.5 Å². The number of halogens is 1. The Hall–Kier alpha value is -1.92. The summed E-state index contributed by atoms with van der Waals surface area (Å²) in [5.74, 6) is -0.451. The van der Waals surface area contributed by atoms with Gasteiger partial charge in [-0.25, -0.2) is 17.5 Å². The van der Waals surface area contributed by atoms with Gasteiger partial charge >= 0.3 is 0 Å². The molecule has 0 fully saturated rings. The van der Waals surface area contributed by atoms with Crippen molar-refractivity contribution in [1.82, 2.24) is 4.72 Å². The summed E-state index contributed by atoms with van der Waals surface area (Å²) in [7, 11) is -3.78. The zero-order valence-corrected chi connectivity index (χ0v) is 11.7. The predicted molar refractivity (Wildman–Crippen MR) is 76.0 cm³/mol. The first-order valence-electron chi connectivity index (χ1n) is 6.00. The van der Waals surface area contributed by atoms with Crippen LogP contribution in [0.3, 0.4) is 0 Å². The summed E-state index contributed by atoms with van der Waals surface area (Å²) in [5, 5.41) is 0. The molecule has 2 rings (SSSR count). The van der Waals surface area contributed by atoms with Crippen molar-refractivity contribution in [3.8, 4) is 0 Å². The molecule has 0 saturated carbocycles. The van der Waals surface area contributed by atoms with Gasteiger partial charge in [-0.1, -0.05) is 30.3 Å². The number of nitrogens with two attached hydrogens (primary N) is 1. The molecule has 0 radical (unpaired) electrons. The van der Waals surface area contributed by atoms with E-state index >= 15 is 0 Å². The van der Waals surface area contributed by atoms with Crippen LogP contribution in [0.1, 0.15) is 11.1 Å². The summed E-state index contributed by atoms with van der Waals surface area (Å²) in [6.07, 6.45) is 0. The van der Waals surface area contributed by atoms with Crippen LogP contribution in [0.2, 0.25) is 0 Å². The standard InChI is InChI=1S/C14H15FN2O2S/c1-10-5-4-8-13(16)14(10)20(18,19)17-9-11-6-2-3-7-12(11)15/h2-8,17H,9,16H2,1H3. The molecule has 4 nitrogen and oxygen atoms in total. The number of sulfonamides is 1. The summed E-state index contributed by atoms with van der Waals surface area (Å²) in [4.78, 5) is 0.0383. The van der Waals surface area contributed by atoms with Gasteiger partial charge in [0.2, 0.25) is 10.0 Å². The Balaban J connectivity index is 2.27. The average Bonchev–Trinajstić information content (AvgIpc) is 2.37. The first-order valence-corrected chi connectivity index (χ1v) is 7.48. The molecule has 2 aromatic carbocycles. The highest BCUT2D eigenvalue weighted by Crippen LogP contribution is 2.22. The maximum absolute atomic E-state index is 13.5. The largest absolute Gasteiger partial charge is 0.398 e. The molecule has 0 aliphatic heterocycles.